The highest BCUT2D eigenvalue weighted by molar-refractivity contribution is 7.14. The zero-order valence-electron chi connectivity index (χ0n) is 14.3. The molecule has 0 aromatic carbocycles. The van der Waals surface area contributed by atoms with Crippen molar-refractivity contribution in [3.63, 3.8) is 0 Å². The summed E-state index contributed by atoms with van der Waals surface area (Å²) in [7, 11) is 0. The Morgan fingerprint density at radius 3 is 3.08 bits per heavy atom. The van der Waals surface area contributed by atoms with Crippen molar-refractivity contribution >= 4 is 28.9 Å². The van der Waals surface area contributed by atoms with Gasteiger partial charge in [0.15, 0.2) is 0 Å². The topological polar surface area (TPSA) is 92.5 Å². The Morgan fingerprint density at radius 1 is 1.38 bits per heavy atom. The van der Waals surface area contributed by atoms with Gasteiger partial charge in [-0.3, -0.25) is 9.59 Å². The van der Waals surface area contributed by atoms with Crippen LogP contribution >= 0.6 is 11.3 Å². The molecule has 26 heavy (non-hydrogen) atoms. The Hall–Kier alpha value is -2.81. The Labute approximate surface area is 153 Å². The first kappa shape index (κ1) is 16.6. The van der Waals surface area contributed by atoms with E-state index in [0.29, 0.717) is 23.7 Å². The number of nitrogens with one attached hydrogen (secondary N) is 1. The average molecular weight is 370 g/mol. The van der Waals surface area contributed by atoms with Crippen LogP contribution in [-0.4, -0.2) is 49.4 Å². The van der Waals surface area contributed by atoms with Crippen molar-refractivity contribution < 1.29 is 9.59 Å². The van der Waals surface area contributed by atoms with Crippen LogP contribution in [0.5, 0.6) is 0 Å². The summed E-state index contributed by atoms with van der Waals surface area (Å²) in [5.74, 6) is 0.274. The zero-order chi connectivity index (χ0) is 18.1. The number of likely N-dealkylation sites (tertiary alicyclic amines) is 1. The van der Waals surface area contributed by atoms with E-state index in [4.69, 9.17) is 0 Å². The number of carbonyl (C=O) groups excluding carboxylic acids is 2. The number of amides is 2. The van der Waals surface area contributed by atoms with Gasteiger partial charge in [0.05, 0.1) is 10.9 Å². The second kappa shape index (κ2) is 6.83. The highest BCUT2D eigenvalue weighted by Gasteiger charge is 2.33. The van der Waals surface area contributed by atoms with Gasteiger partial charge in [-0.25, -0.2) is 9.50 Å². The smallest absolute Gasteiger partial charge is 0.294 e. The largest absolute Gasteiger partial charge is 0.352 e. The van der Waals surface area contributed by atoms with Gasteiger partial charge in [0.2, 0.25) is 5.82 Å². The Kier molecular flexibility index (Phi) is 4.37. The summed E-state index contributed by atoms with van der Waals surface area (Å²) in [5, 5.41) is 7.04. The third kappa shape index (κ3) is 2.94. The van der Waals surface area contributed by atoms with Crippen LogP contribution in [-0.2, 0) is 0 Å². The third-order valence-corrected chi connectivity index (χ3v) is 5.52. The fourth-order valence-corrected chi connectivity index (χ4v) is 4.23. The van der Waals surface area contributed by atoms with Crippen molar-refractivity contribution in [3.8, 4) is 0 Å². The summed E-state index contributed by atoms with van der Waals surface area (Å²) in [4.78, 5) is 36.7. The molecule has 1 aliphatic heterocycles. The number of hydrogen-bond donors (Lipinski definition) is 1. The number of rotatable bonds is 4. The molecular formula is C17H18N6O2S. The van der Waals surface area contributed by atoms with E-state index in [0.717, 1.165) is 17.7 Å². The average Bonchev–Trinajstić information content (AvgIpc) is 3.38. The molecule has 0 saturated carbocycles. The van der Waals surface area contributed by atoms with Crippen molar-refractivity contribution in [3.05, 3.63) is 46.2 Å². The molecule has 134 valence electrons. The van der Waals surface area contributed by atoms with E-state index < -0.39 is 0 Å². The number of carbonyl (C=O) groups is 2. The first-order chi connectivity index (χ1) is 12.7. The molecule has 0 unspecified atom stereocenters. The number of nitrogens with zero attached hydrogens (tertiary/aromatic N) is 5. The monoisotopic (exact) mass is 370 g/mol. The van der Waals surface area contributed by atoms with E-state index in [1.165, 1.54) is 15.9 Å². The number of aromatic nitrogens is 4. The molecule has 4 heterocycles. The maximum absolute atomic E-state index is 12.9. The van der Waals surface area contributed by atoms with Crippen LogP contribution in [0.4, 0.5) is 0 Å². The van der Waals surface area contributed by atoms with E-state index in [1.807, 2.05) is 19.1 Å². The fraction of sp³-hybridized carbons (Fsp3) is 0.353. The van der Waals surface area contributed by atoms with Crippen molar-refractivity contribution in [2.24, 2.45) is 0 Å². The van der Waals surface area contributed by atoms with Crippen LogP contribution in [0, 0.1) is 0 Å². The summed E-state index contributed by atoms with van der Waals surface area (Å²) < 4.78 is 1.50. The maximum Gasteiger partial charge on any atom is 0.294 e. The molecular weight excluding hydrogens is 352 g/mol. The first-order valence-electron chi connectivity index (χ1n) is 8.53. The molecule has 3 aromatic heterocycles. The highest BCUT2D eigenvalue weighted by Crippen LogP contribution is 2.36. The Morgan fingerprint density at radius 2 is 2.27 bits per heavy atom. The molecule has 0 aliphatic carbocycles. The van der Waals surface area contributed by atoms with Gasteiger partial charge >= 0.3 is 0 Å². The second-order valence-electron chi connectivity index (χ2n) is 6.02. The molecule has 0 radical (unpaired) electrons. The number of fused-ring (bicyclic) bond motifs is 1. The normalized spacial score (nSPS) is 17.0. The van der Waals surface area contributed by atoms with Crippen LogP contribution in [0.3, 0.4) is 0 Å². The highest BCUT2D eigenvalue weighted by atomic mass is 32.1. The molecule has 1 aliphatic rings. The molecule has 4 rings (SSSR count). The van der Waals surface area contributed by atoms with Crippen molar-refractivity contribution in [1.82, 2.24) is 29.8 Å². The summed E-state index contributed by atoms with van der Waals surface area (Å²) in [6.45, 7) is 3.13. The number of thiophene rings is 1. The summed E-state index contributed by atoms with van der Waals surface area (Å²) in [5.41, 5.74) is 0. The van der Waals surface area contributed by atoms with Crippen LogP contribution in [0.1, 0.15) is 51.0 Å². The van der Waals surface area contributed by atoms with Gasteiger partial charge in [-0.05, 0) is 38.0 Å². The molecule has 1 fully saturated rings. The minimum absolute atomic E-state index is 0.0461. The van der Waals surface area contributed by atoms with Gasteiger partial charge in [0, 0.05) is 30.4 Å². The van der Waals surface area contributed by atoms with Gasteiger partial charge in [-0.1, -0.05) is 0 Å². The lowest BCUT2D eigenvalue weighted by atomic mass is 10.2. The minimum atomic E-state index is -0.203. The van der Waals surface area contributed by atoms with Crippen LogP contribution in [0.15, 0.2) is 30.6 Å². The van der Waals surface area contributed by atoms with Crippen molar-refractivity contribution in [1.29, 1.82) is 0 Å². The fourth-order valence-electron chi connectivity index (χ4n) is 3.16. The minimum Gasteiger partial charge on any atom is -0.352 e. The second-order valence-corrected chi connectivity index (χ2v) is 7.13. The molecule has 2 amide bonds. The summed E-state index contributed by atoms with van der Waals surface area (Å²) >= 11 is 1.44. The molecule has 3 aromatic rings. The van der Waals surface area contributed by atoms with Crippen LogP contribution in [0.2, 0.25) is 0 Å². The third-order valence-electron chi connectivity index (χ3n) is 4.34. The molecule has 1 atom stereocenters. The zero-order valence-corrected chi connectivity index (χ0v) is 15.1. The summed E-state index contributed by atoms with van der Waals surface area (Å²) in [6.07, 6.45) is 5.11. The van der Waals surface area contributed by atoms with E-state index in [2.05, 4.69) is 20.4 Å². The Bertz CT molecular complexity index is 932. The molecule has 0 bridgehead atoms. The predicted octanol–water partition coefficient (Wildman–Crippen LogP) is 1.91. The van der Waals surface area contributed by atoms with Gasteiger partial charge in [0.25, 0.3) is 17.6 Å². The van der Waals surface area contributed by atoms with Gasteiger partial charge in [-0.2, -0.15) is 4.98 Å². The molecule has 1 N–H and O–H groups in total. The lowest BCUT2D eigenvalue weighted by Gasteiger charge is -2.22. The van der Waals surface area contributed by atoms with Crippen LogP contribution < -0.4 is 5.32 Å². The van der Waals surface area contributed by atoms with Crippen molar-refractivity contribution in [2.75, 3.05) is 13.1 Å². The van der Waals surface area contributed by atoms with Crippen LogP contribution in [0.25, 0.3) is 5.78 Å². The Balaban J connectivity index is 1.58. The molecule has 8 nitrogen and oxygen atoms in total. The maximum atomic E-state index is 12.9. The lowest BCUT2D eigenvalue weighted by molar-refractivity contribution is 0.0725. The number of hydrogen-bond acceptors (Lipinski definition) is 6. The quantitative estimate of drug-likeness (QED) is 0.757. The van der Waals surface area contributed by atoms with E-state index >= 15 is 0 Å². The SMILES string of the molecule is CCNC(=O)c1ccc([C@@H]2CCCN2C(=O)c2nc3ncccn3n2)s1. The lowest BCUT2D eigenvalue weighted by Crippen LogP contribution is -2.31. The molecule has 1 saturated heterocycles. The van der Waals surface area contributed by atoms with Crippen molar-refractivity contribution in [2.45, 2.75) is 25.8 Å². The molecule has 0 spiro atoms. The van der Waals surface area contributed by atoms with E-state index in [9.17, 15) is 9.59 Å². The molecule has 9 heteroatoms. The van der Waals surface area contributed by atoms with E-state index in [-0.39, 0.29) is 23.7 Å². The van der Waals surface area contributed by atoms with Gasteiger partial charge in [-0.15, -0.1) is 16.4 Å². The van der Waals surface area contributed by atoms with Gasteiger partial charge < -0.3 is 10.2 Å². The first-order valence-corrected chi connectivity index (χ1v) is 9.35. The summed E-state index contributed by atoms with van der Waals surface area (Å²) in [6, 6.07) is 5.45. The van der Waals surface area contributed by atoms with Gasteiger partial charge in [0.1, 0.15) is 0 Å². The standard InChI is InChI=1S/C17H18N6O2S/c1-2-18-15(24)13-7-6-12(26-13)11-5-3-9-22(11)16(25)14-20-17-19-8-4-10-23(17)21-14/h4,6-8,10-11H,2-3,5,9H2,1H3,(H,18,24)/t11-/m0/s1. The predicted molar refractivity (Wildman–Crippen MR) is 96.1 cm³/mol. The van der Waals surface area contributed by atoms with E-state index in [1.54, 1.807) is 23.4 Å².